The molecular weight excluding hydrogens is 691 g/mol. The molecule has 1 aliphatic rings. The quantitative estimate of drug-likeness (QED) is 0.127. The Balaban J connectivity index is 1.18. The molecule has 2 amide bonds. The molecule has 1 fully saturated rings. The van der Waals surface area contributed by atoms with Crippen LogP contribution in [0.3, 0.4) is 0 Å². The highest BCUT2D eigenvalue weighted by molar-refractivity contribution is 6.39. The number of methoxy groups -OCH3 is 1. The van der Waals surface area contributed by atoms with Gasteiger partial charge in [-0.2, -0.15) is 5.10 Å². The Morgan fingerprint density at radius 3 is 2.33 bits per heavy atom. The zero-order valence-electron chi connectivity index (χ0n) is 28.6. The largest absolute Gasteiger partial charge is 0.481 e. The normalized spacial score (nSPS) is 14.9. The molecule has 1 aliphatic heterocycles. The number of rotatable bonds is 14. The predicted octanol–water partition coefficient (Wildman–Crippen LogP) is 4.74. The van der Waals surface area contributed by atoms with Crippen LogP contribution in [0.15, 0.2) is 66.9 Å². The number of aliphatic hydroxyl groups excluding tert-OH is 1. The first kappa shape index (κ1) is 36.2. The predicted molar refractivity (Wildman–Crippen MR) is 198 cm³/mol. The van der Waals surface area contributed by atoms with Crippen LogP contribution in [-0.4, -0.2) is 87.8 Å². The Morgan fingerprint density at radius 2 is 1.67 bits per heavy atom. The second-order valence-electron chi connectivity index (χ2n) is 12.7. The summed E-state index contributed by atoms with van der Waals surface area (Å²) in [6.07, 6.45) is 2.47. The van der Waals surface area contributed by atoms with Crippen LogP contribution in [0.2, 0.25) is 10.0 Å². The fourth-order valence-electron chi connectivity index (χ4n) is 6.00. The van der Waals surface area contributed by atoms with Gasteiger partial charge in [-0.05, 0) is 24.6 Å². The second-order valence-corrected chi connectivity index (χ2v) is 13.4. The first-order chi connectivity index (χ1) is 24.6. The van der Waals surface area contributed by atoms with Crippen LogP contribution < -0.4 is 20.7 Å². The van der Waals surface area contributed by atoms with E-state index in [1.165, 1.54) is 4.90 Å². The molecule has 14 heteroatoms. The minimum absolute atomic E-state index is 0.0485. The number of aliphatic hydroxyl groups is 1. The molecule has 0 radical (unpaired) electrons. The standard InChI is InChI=1S/C37H40Cl2N8O4/c1-46(2)34(50)16-25(48)20-41-19-24-21-47-32(42-24)14-13-31(45-47)29-9-5-7-27(36(29)39)26-6-4-8-28(35(26)38)30-12-10-22(37(44-30)51-3)17-40-18-23-11-15-33(49)43-23/h4-10,12-14,21,23,25,40-41,48H,11,15-20H2,1-3H3,(H,43,49)/t23-,25?/m0/s1. The second kappa shape index (κ2) is 16.2. The topological polar surface area (TPSA) is 146 Å². The minimum atomic E-state index is -0.794. The third kappa shape index (κ3) is 8.49. The summed E-state index contributed by atoms with van der Waals surface area (Å²) in [5.41, 5.74) is 6.57. The van der Waals surface area contributed by atoms with Crippen molar-refractivity contribution in [3.8, 4) is 39.5 Å². The molecule has 2 atom stereocenters. The summed E-state index contributed by atoms with van der Waals surface area (Å²) in [4.78, 5) is 34.2. The number of ether oxygens (including phenoxy) is 1. The summed E-state index contributed by atoms with van der Waals surface area (Å²) < 4.78 is 7.34. The van der Waals surface area contributed by atoms with Gasteiger partial charge in [0, 0.05) is 80.6 Å². The molecule has 51 heavy (non-hydrogen) atoms. The lowest BCUT2D eigenvalue weighted by Gasteiger charge is -2.15. The van der Waals surface area contributed by atoms with Gasteiger partial charge in [0.15, 0.2) is 5.65 Å². The van der Waals surface area contributed by atoms with Gasteiger partial charge in [-0.25, -0.2) is 14.5 Å². The lowest BCUT2D eigenvalue weighted by Crippen LogP contribution is -2.35. The number of benzene rings is 2. The highest BCUT2D eigenvalue weighted by Crippen LogP contribution is 2.42. The van der Waals surface area contributed by atoms with E-state index in [0.29, 0.717) is 59.0 Å². The van der Waals surface area contributed by atoms with E-state index in [4.69, 9.17) is 38.0 Å². The van der Waals surface area contributed by atoms with Gasteiger partial charge in [-0.1, -0.05) is 65.7 Å². The molecule has 5 aromatic rings. The molecule has 12 nitrogen and oxygen atoms in total. The van der Waals surface area contributed by atoms with E-state index in [2.05, 4.69) is 20.9 Å². The Hall–Kier alpha value is -4.59. The third-order valence-electron chi connectivity index (χ3n) is 8.73. The van der Waals surface area contributed by atoms with E-state index in [1.807, 2.05) is 66.9 Å². The Labute approximate surface area is 306 Å². The highest BCUT2D eigenvalue weighted by atomic mass is 35.5. The van der Waals surface area contributed by atoms with Crippen molar-refractivity contribution in [2.45, 2.75) is 44.5 Å². The molecule has 0 aliphatic carbocycles. The molecule has 6 rings (SSSR count). The van der Waals surface area contributed by atoms with Crippen LogP contribution in [-0.2, 0) is 22.7 Å². The van der Waals surface area contributed by atoms with Crippen LogP contribution in [0.4, 0.5) is 0 Å². The number of hydrogen-bond acceptors (Lipinski definition) is 9. The van der Waals surface area contributed by atoms with Crippen molar-refractivity contribution in [3.63, 3.8) is 0 Å². The van der Waals surface area contributed by atoms with Gasteiger partial charge >= 0.3 is 0 Å². The summed E-state index contributed by atoms with van der Waals surface area (Å²) >= 11 is 14.2. The van der Waals surface area contributed by atoms with Crippen LogP contribution in [0.25, 0.3) is 39.3 Å². The molecule has 1 unspecified atom stereocenters. The van der Waals surface area contributed by atoms with Crippen molar-refractivity contribution in [1.82, 2.24) is 40.4 Å². The molecular formula is C37H40Cl2N8O4. The summed E-state index contributed by atoms with van der Waals surface area (Å²) in [6.45, 7) is 1.87. The Kier molecular flexibility index (Phi) is 11.5. The van der Waals surface area contributed by atoms with E-state index >= 15 is 0 Å². The van der Waals surface area contributed by atoms with Gasteiger partial charge in [0.25, 0.3) is 0 Å². The number of aromatic nitrogens is 4. The first-order valence-corrected chi connectivity index (χ1v) is 17.4. The number of carbonyl (C=O) groups excluding carboxylic acids is 2. The zero-order chi connectivity index (χ0) is 36.1. The van der Waals surface area contributed by atoms with E-state index in [0.717, 1.165) is 39.9 Å². The molecule has 2 aromatic carbocycles. The molecule has 1 saturated heterocycles. The molecule has 266 valence electrons. The van der Waals surface area contributed by atoms with E-state index in [1.54, 1.807) is 25.7 Å². The van der Waals surface area contributed by atoms with Crippen LogP contribution in [0.1, 0.15) is 30.5 Å². The van der Waals surface area contributed by atoms with Crippen molar-refractivity contribution in [1.29, 1.82) is 0 Å². The number of nitrogens with one attached hydrogen (secondary N) is 3. The van der Waals surface area contributed by atoms with Crippen LogP contribution in [0.5, 0.6) is 5.88 Å². The summed E-state index contributed by atoms with van der Waals surface area (Å²) in [5.74, 6) is 0.453. The minimum Gasteiger partial charge on any atom is -0.481 e. The molecule has 4 heterocycles. The third-order valence-corrected chi connectivity index (χ3v) is 9.54. The average molecular weight is 732 g/mol. The van der Waals surface area contributed by atoms with Crippen molar-refractivity contribution >= 4 is 40.7 Å². The van der Waals surface area contributed by atoms with E-state index in [-0.39, 0.29) is 30.8 Å². The lowest BCUT2D eigenvalue weighted by atomic mass is 9.98. The number of pyridine rings is 1. The molecule has 0 spiro atoms. The maximum atomic E-state index is 11.8. The van der Waals surface area contributed by atoms with Crippen molar-refractivity contribution in [3.05, 3.63) is 88.2 Å². The summed E-state index contributed by atoms with van der Waals surface area (Å²) in [5, 5.41) is 25.5. The molecule has 4 N–H and O–H groups in total. The first-order valence-electron chi connectivity index (χ1n) is 16.7. The van der Waals surface area contributed by atoms with Crippen molar-refractivity contribution in [2.75, 3.05) is 34.3 Å². The van der Waals surface area contributed by atoms with E-state index in [9.17, 15) is 14.7 Å². The molecule has 3 aromatic heterocycles. The van der Waals surface area contributed by atoms with Gasteiger partial charge in [0.2, 0.25) is 17.7 Å². The van der Waals surface area contributed by atoms with Gasteiger partial charge < -0.3 is 30.7 Å². The van der Waals surface area contributed by atoms with Gasteiger partial charge in [-0.15, -0.1) is 0 Å². The van der Waals surface area contributed by atoms with Crippen LogP contribution in [0, 0.1) is 0 Å². The Morgan fingerprint density at radius 1 is 0.980 bits per heavy atom. The SMILES string of the molecule is COc1nc(-c2cccc(-c3cccc(-c4ccc5nc(CNCC(O)CC(=O)N(C)C)cn5n4)c3Cl)c2Cl)ccc1CNC[C@@H]1CCC(=O)N1. The van der Waals surface area contributed by atoms with Crippen LogP contribution >= 0.6 is 23.2 Å². The fourth-order valence-corrected chi connectivity index (χ4v) is 6.65. The number of hydrogen-bond donors (Lipinski definition) is 4. The maximum absolute atomic E-state index is 11.8. The average Bonchev–Trinajstić information content (AvgIpc) is 3.73. The van der Waals surface area contributed by atoms with Gasteiger partial charge in [0.05, 0.1) is 53.0 Å². The number of nitrogens with zero attached hydrogens (tertiary/aromatic N) is 5. The number of halogens is 2. The van der Waals surface area contributed by atoms with Crippen molar-refractivity contribution in [2.24, 2.45) is 0 Å². The summed E-state index contributed by atoms with van der Waals surface area (Å²) in [6, 6.07) is 19.3. The fraction of sp³-hybridized carbons (Fsp3) is 0.324. The summed E-state index contributed by atoms with van der Waals surface area (Å²) in [7, 11) is 4.92. The lowest BCUT2D eigenvalue weighted by molar-refractivity contribution is -0.130. The number of imidazole rings is 1. The van der Waals surface area contributed by atoms with Gasteiger partial charge in [0.1, 0.15) is 0 Å². The number of amides is 2. The maximum Gasteiger partial charge on any atom is 0.224 e. The molecule has 0 saturated carbocycles. The van der Waals surface area contributed by atoms with Crippen molar-refractivity contribution < 1.29 is 19.4 Å². The molecule has 0 bridgehead atoms. The number of carbonyl (C=O) groups is 2. The van der Waals surface area contributed by atoms with Gasteiger partial charge in [-0.3, -0.25) is 9.59 Å². The highest BCUT2D eigenvalue weighted by Gasteiger charge is 2.21. The van der Waals surface area contributed by atoms with E-state index < -0.39 is 6.10 Å². The monoisotopic (exact) mass is 730 g/mol. The Bertz CT molecular complexity index is 2050. The zero-order valence-corrected chi connectivity index (χ0v) is 30.1. The number of fused-ring (bicyclic) bond motifs is 1. The smallest absolute Gasteiger partial charge is 0.224 e.